The highest BCUT2D eigenvalue weighted by Crippen LogP contribution is 2.29. The molecule has 0 saturated carbocycles. The zero-order valence-electron chi connectivity index (χ0n) is 10.2. The highest BCUT2D eigenvalue weighted by Gasteiger charge is 2.49. The first kappa shape index (κ1) is 11.6. The Morgan fingerprint density at radius 2 is 1.76 bits per heavy atom. The van der Waals surface area contributed by atoms with Crippen LogP contribution in [0.5, 0.6) is 0 Å². The van der Waals surface area contributed by atoms with E-state index in [-0.39, 0.29) is 18.0 Å². The lowest BCUT2D eigenvalue weighted by Gasteiger charge is -2.23. The Hall–Kier alpha value is -1.84. The van der Waals surface area contributed by atoms with Gasteiger partial charge in [-0.3, -0.25) is 9.69 Å². The molecule has 90 valence electrons. The van der Waals surface area contributed by atoms with Crippen LogP contribution in [-0.4, -0.2) is 22.9 Å². The highest BCUT2D eigenvalue weighted by molar-refractivity contribution is 6.07. The van der Waals surface area contributed by atoms with E-state index in [0.29, 0.717) is 0 Å². The summed E-state index contributed by atoms with van der Waals surface area (Å²) in [4.78, 5) is 25.4. The minimum atomic E-state index is -0.942. The van der Waals surface area contributed by atoms with Gasteiger partial charge in [-0.25, -0.2) is 4.79 Å². The minimum absolute atomic E-state index is 0.131. The number of amides is 3. The Labute approximate surface area is 101 Å². The summed E-state index contributed by atoms with van der Waals surface area (Å²) in [7, 11) is 0. The fraction of sp³-hybridized carbons (Fsp3) is 0.385. The topological polar surface area (TPSA) is 49.4 Å². The SMILES string of the molecule is CC(C)N1C(=O)N[C@@](C)(c2ccccc2)C1=O. The van der Waals surface area contributed by atoms with Gasteiger partial charge in [-0.1, -0.05) is 30.3 Å². The number of hydrogen-bond donors (Lipinski definition) is 1. The summed E-state index contributed by atoms with van der Waals surface area (Å²) in [6, 6.07) is 8.85. The Balaban J connectivity index is 2.42. The van der Waals surface area contributed by atoms with Crippen molar-refractivity contribution in [1.82, 2.24) is 10.2 Å². The molecule has 1 N–H and O–H groups in total. The van der Waals surface area contributed by atoms with Crippen molar-refractivity contribution in [3.05, 3.63) is 35.9 Å². The molecule has 3 amide bonds. The third-order valence-corrected chi connectivity index (χ3v) is 3.09. The second-order valence-corrected chi connectivity index (χ2v) is 4.69. The van der Waals surface area contributed by atoms with Crippen LogP contribution < -0.4 is 5.32 Å². The Morgan fingerprint density at radius 3 is 2.24 bits per heavy atom. The van der Waals surface area contributed by atoms with E-state index in [2.05, 4.69) is 5.32 Å². The molecule has 0 aromatic heterocycles. The number of nitrogens with zero attached hydrogens (tertiary/aromatic N) is 1. The number of imide groups is 1. The van der Waals surface area contributed by atoms with E-state index in [1.54, 1.807) is 6.92 Å². The average molecular weight is 232 g/mol. The predicted octanol–water partition coefficient (Wildman–Crippen LogP) is 1.86. The van der Waals surface area contributed by atoms with E-state index >= 15 is 0 Å². The summed E-state index contributed by atoms with van der Waals surface area (Å²) in [5.41, 5.74) is -0.135. The number of nitrogens with one attached hydrogen (secondary N) is 1. The van der Waals surface area contributed by atoms with Crippen molar-refractivity contribution in [2.75, 3.05) is 0 Å². The number of urea groups is 1. The normalized spacial score (nSPS) is 24.4. The van der Waals surface area contributed by atoms with Crippen molar-refractivity contribution in [3.63, 3.8) is 0 Å². The maximum atomic E-state index is 12.3. The first-order valence-electron chi connectivity index (χ1n) is 5.68. The van der Waals surface area contributed by atoms with Crippen LogP contribution in [0.3, 0.4) is 0 Å². The molecular formula is C13H16N2O2. The molecule has 1 aliphatic rings. The van der Waals surface area contributed by atoms with Crippen molar-refractivity contribution < 1.29 is 9.59 Å². The summed E-state index contributed by atoms with van der Waals surface area (Å²) >= 11 is 0. The molecule has 2 rings (SSSR count). The largest absolute Gasteiger partial charge is 0.325 e. The van der Waals surface area contributed by atoms with Gasteiger partial charge in [-0.2, -0.15) is 0 Å². The van der Waals surface area contributed by atoms with Crippen LogP contribution >= 0.6 is 0 Å². The smallest absolute Gasteiger partial charge is 0.319 e. The molecular weight excluding hydrogens is 216 g/mol. The molecule has 1 aromatic rings. The summed E-state index contributed by atoms with van der Waals surface area (Å²) in [5.74, 6) is -0.191. The fourth-order valence-electron chi connectivity index (χ4n) is 2.10. The van der Waals surface area contributed by atoms with E-state index in [1.165, 1.54) is 4.90 Å². The van der Waals surface area contributed by atoms with Gasteiger partial charge >= 0.3 is 6.03 Å². The first-order chi connectivity index (χ1) is 7.97. The number of carbonyl (C=O) groups is 2. The molecule has 1 fully saturated rings. The van der Waals surface area contributed by atoms with Crippen molar-refractivity contribution in [3.8, 4) is 0 Å². The van der Waals surface area contributed by atoms with E-state index in [4.69, 9.17) is 0 Å². The maximum absolute atomic E-state index is 12.3. The Morgan fingerprint density at radius 1 is 1.18 bits per heavy atom. The summed E-state index contributed by atoms with van der Waals surface area (Å²) in [6.07, 6.45) is 0. The molecule has 1 atom stereocenters. The van der Waals surface area contributed by atoms with Gasteiger partial charge in [0.05, 0.1) is 0 Å². The van der Waals surface area contributed by atoms with Crippen LogP contribution in [0.4, 0.5) is 4.79 Å². The lowest BCUT2D eigenvalue weighted by Crippen LogP contribution is -2.41. The molecule has 0 spiro atoms. The molecule has 0 bridgehead atoms. The molecule has 17 heavy (non-hydrogen) atoms. The standard InChI is InChI=1S/C13H16N2O2/c1-9(2)15-11(16)13(3,14-12(15)17)10-7-5-4-6-8-10/h4-9H,1-3H3,(H,14,17)/t13-/m0/s1. The van der Waals surface area contributed by atoms with E-state index < -0.39 is 5.54 Å². The number of rotatable bonds is 2. The molecule has 0 aliphatic carbocycles. The number of benzene rings is 1. The molecule has 1 heterocycles. The van der Waals surface area contributed by atoms with Crippen molar-refractivity contribution in [1.29, 1.82) is 0 Å². The molecule has 1 aromatic carbocycles. The lowest BCUT2D eigenvalue weighted by molar-refractivity contribution is -0.132. The molecule has 4 heteroatoms. The van der Waals surface area contributed by atoms with E-state index in [9.17, 15) is 9.59 Å². The molecule has 0 radical (unpaired) electrons. The quantitative estimate of drug-likeness (QED) is 0.791. The minimum Gasteiger partial charge on any atom is -0.319 e. The third-order valence-electron chi connectivity index (χ3n) is 3.09. The van der Waals surface area contributed by atoms with Crippen molar-refractivity contribution in [2.24, 2.45) is 0 Å². The van der Waals surface area contributed by atoms with Crippen LogP contribution in [-0.2, 0) is 10.3 Å². The molecule has 1 saturated heterocycles. The van der Waals surface area contributed by atoms with Crippen LogP contribution in [0, 0.1) is 0 Å². The van der Waals surface area contributed by atoms with E-state index in [0.717, 1.165) is 5.56 Å². The van der Waals surface area contributed by atoms with Crippen LogP contribution in [0.2, 0.25) is 0 Å². The summed E-state index contributed by atoms with van der Waals surface area (Å²) in [6.45, 7) is 5.40. The second kappa shape index (κ2) is 3.87. The van der Waals surface area contributed by atoms with E-state index in [1.807, 2.05) is 44.2 Å². The zero-order chi connectivity index (χ0) is 12.6. The summed E-state index contributed by atoms with van der Waals surface area (Å²) < 4.78 is 0. The molecule has 0 unspecified atom stereocenters. The van der Waals surface area contributed by atoms with Gasteiger partial charge in [0.1, 0.15) is 5.54 Å². The monoisotopic (exact) mass is 232 g/mol. The molecule has 4 nitrogen and oxygen atoms in total. The van der Waals surface area contributed by atoms with Gasteiger partial charge in [-0.05, 0) is 26.3 Å². The zero-order valence-corrected chi connectivity index (χ0v) is 10.2. The Bertz CT molecular complexity index is 456. The second-order valence-electron chi connectivity index (χ2n) is 4.69. The van der Waals surface area contributed by atoms with Gasteiger partial charge in [-0.15, -0.1) is 0 Å². The first-order valence-corrected chi connectivity index (χ1v) is 5.68. The van der Waals surface area contributed by atoms with Gasteiger partial charge in [0.2, 0.25) is 0 Å². The third kappa shape index (κ3) is 1.69. The van der Waals surface area contributed by atoms with Gasteiger partial charge in [0, 0.05) is 6.04 Å². The van der Waals surface area contributed by atoms with Crippen LogP contribution in [0.15, 0.2) is 30.3 Å². The van der Waals surface area contributed by atoms with Gasteiger partial charge in [0.25, 0.3) is 5.91 Å². The predicted molar refractivity (Wildman–Crippen MR) is 64.3 cm³/mol. The fourth-order valence-corrected chi connectivity index (χ4v) is 2.10. The van der Waals surface area contributed by atoms with Gasteiger partial charge < -0.3 is 5.32 Å². The average Bonchev–Trinajstić information content (AvgIpc) is 2.52. The maximum Gasteiger partial charge on any atom is 0.325 e. The number of carbonyl (C=O) groups excluding carboxylic acids is 2. The Kier molecular flexibility index (Phi) is 2.65. The summed E-state index contributed by atoms with van der Waals surface area (Å²) in [5, 5.41) is 2.77. The lowest BCUT2D eigenvalue weighted by atomic mass is 9.92. The van der Waals surface area contributed by atoms with Crippen LogP contribution in [0.25, 0.3) is 0 Å². The van der Waals surface area contributed by atoms with Crippen molar-refractivity contribution >= 4 is 11.9 Å². The highest BCUT2D eigenvalue weighted by atomic mass is 16.2. The molecule has 1 aliphatic heterocycles. The van der Waals surface area contributed by atoms with Crippen LogP contribution in [0.1, 0.15) is 26.3 Å². The van der Waals surface area contributed by atoms with Gasteiger partial charge in [0.15, 0.2) is 0 Å². The van der Waals surface area contributed by atoms with Crippen molar-refractivity contribution in [2.45, 2.75) is 32.4 Å². The number of hydrogen-bond acceptors (Lipinski definition) is 2.